The van der Waals surface area contributed by atoms with Crippen LogP contribution in [0.1, 0.15) is 57.9 Å². The van der Waals surface area contributed by atoms with Crippen LogP contribution in [0.2, 0.25) is 0 Å². The third kappa shape index (κ3) is 8.44. The molecule has 0 heterocycles. The highest BCUT2D eigenvalue weighted by molar-refractivity contribution is 7.92. The van der Waals surface area contributed by atoms with Crippen molar-refractivity contribution in [3.8, 4) is 5.75 Å². The zero-order valence-corrected chi connectivity index (χ0v) is 23.2. The van der Waals surface area contributed by atoms with Gasteiger partial charge in [0, 0.05) is 25.6 Å². The lowest BCUT2D eigenvalue weighted by Crippen LogP contribution is -2.49. The summed E-state index contributed by atoms with van der Waals surface area (Å²) in [7, 11) is -3.59. The second kappa shape index (κ2) is 13.6. The second-order valence-corrected chi connectivity index (χ2v) is 11.6. The number of carbonyl (C=O) groups excluding carboxylic acids is 2. The Kier molecular flexibility index (Phi) is 10.5. The molecule has 0 aromatic heterocycles. The minimum atomic E-state index is -3.59. The molecule has 1 N–H and O–H groups in total. The number of nitrogens with one attached hydrogen (secondary N) is 1. The van der Waals surface area contributed by atoms with E-state index in [1.165, 1.54) is 21.3 Å². The zero-order chi connectivity index (χ0) is 27.7. The van der Waals surface area contributed by atoms with Crippen LogP contribution in [0.25, 0.3) is 0 Å². The SMILES string of the molecule is CCOc1ccc(N(CCCC(=O)N(Cc2ccc(F)cc2)[C@H](C)C(=O)NC2CCCC2)S(C)(=O)=O)cc1. The fraction of sp³-hybridized carbons (Fsp3) is 0.500. The number of hydrogen-bond acceptors (Lipinski definition) is 5. The van der Waals surface area contributed by atoms with Crippen LogP contribution < -0.4 is 14.4 Å². The van der Waals surface area contributed by atoms with E-state index in [-0.39, 0.29) is 49.6 Å². The molecule has 208 valence electrons. The van der Waals surface area contributed by atoms with Crippen molar-refractivity contribution in [3.63, 3.8) is 0 Å². The largest absolute Gasteiger partial charge is 0.494 e. The van der Waals surface area contributed by atoms with E-state index in [0.717, 1.165) is 31.9 Å². The van der Waals surface area contributed by atoms with E-state index >= 15 is 0 Å². The number of hydrogen-bond donors (Lipinski definition) is 1. The molecule has 1 aliphatic carbocycles. The first kappa shape index (κ1) is 29.4. The summed E-state index contributed by atoms with van der Waals surface area (Å²) in [5.41, 5.74) is 1.18. The third-order valence-corrected chi connectivity index (χ3v) is 7.92. The first-order chi connectivity index (χ1) is 18.1. The predicted molar refractivity (Wildman–Crippen MR) is 146 cm³/mol. The van der Waals surface area contributed by atoms with Gasteiger partial charge in [0.25, 0.3) is 0 Å². The Balaban J connectivity index is 1.69. The van der Waals surface area contributed by atoms with Crippen LogP contribution in [0.3, 0.4) is 0 Å². The number of benzene rings is 2. The van der Waals surface area contributed by atoms with E-state index in [2.05, 4.69) is 5.32 Å². The second-order valence-electron chi connectivity index (χ2n) is 9.68. The fourth-order valence-electron chi connectivity index (χ4n) is 4.64. The van der Waals surface area contributed by atoms with Crippen LogP contribution in [-0.2, 0) is 26.2 Å². The number of ether oxygens (including phenoxy) is 1. The van der Waals surface area contributed by atoms with Gasteiger partial charge in [0.2, 0.25) is 21.8 Å². The maximum Gasteiger partial charge on any atom is 0.242 e. The first-order valence-electron chi connectivity index (χ1n) is 13.1. The van der Waals surface area contributed by atoms with Crippen LogP contribution >= 0.6 is 0 Å². The number of rotatable bonds is 13. The van der Waals surface area contributed by atoms with Crippen LogP contribution in [0.15, 0.2) is 48.5 Å². The Hall–Kier alpha value is -3.14. The smallest absolute Gasteiger partial charge is 0.242 e. The highest BCUT2D eigenvalue weighted by Crippen LogP contribution is 2.23. The number of sulfonamides is 1. The molecular formula is C28H38FN3O5S. The van der Waals surface area contributed by atoms with Crippen LogP contribution in [0, 0.1) is 5.82 Å². The molecule has 8 nitrogen and oxygen atoms in total. The summed E-state index contributed by atoms with van der Waals surface area (Å²) >= 11 is 0. The number of halogens is 1. The number of amides is 2. The van der Waals surface area contributed by atoms with Gasteiger partial charge in [-0.1, -0.05) is 25.0 Å². The van der Waals surface area contributed by atoms with E-state index in [1.54, 1.807) is 43.3 Å². The monoisotopic (exact) mass is 547 g/mol. The number of anilines is 1. The predicted octanol–water partition coefficient (Wildman–Crippen LogP) is 4.25. The molecule has 1 saturated carbocycles. The lowest BCUT2D eigenvalue weighted by atomic mass is 10.1. The van der Waals surface area contributed by atoms with Gasteiger partial charge in [0.1, 0.15) is 17.6 Å². The number of carbonyl (C=O) groups is 2. The van der Waals surface area contributed by atoms with Crippen LogP contribution in [0.4, 0.5) is 10.1 Å². The molecule has 0 aliphatic heterocycles. The molecule has 1 atom stereocenters. The van der Waals surface area contributed by atoms with Crippen LogP contribution in [0.5, 0.6) is 5.75 Å². The summed E-state index contributed by atoms with van der Waals surface area (Å²) in [5, 5.41) is 3.05. The molecule has 38 heavy (non-hydrogen) atoms. The lowest BCUT2D eigenvalue weighted by molar-refractivity contribution is -0.141. The molecule has 0 saturated heterocycles. The Labute approximate surface area is 225 Å². The summed E-state index contributed by atoms with van der Waals surface area (Å²) in [5.74, 6) is -0.238. The topological polar surface area (TPSA) is 96.0 Å². The van der Waals surface area contributed by atoms with Gasteiger partial charge in [0.15, 0.2) is 0 Å². The van der Waals surface area contributed by atoms with Gasteiger partial charge < -0.3 is 15.0 Å². The molecule has 2 aromatic rings. The minimum absolute atomic E-state index is 0.0469. The van der Waals surface area contributed by atoms with Gasteiger partial charge in [-0.2, -0.15) is 0 Å². The van der Waals surface area contributed by atoms with Crippen LogP contribution in [-0.4, -0.2) is 56.6 Å². The Morgan fingerprint density at radius 2 is 1.71 bits per heavy atom. The van der Waals surface area contributed by atoms with E-state index in [0.29, 0.717) is 23.6 Å². The quantitative estimate of drug-likeness (QED) is 0.405. The van der Waals surface area contributed by atoms with Gasteiger partial charge in [0.05, 0.1) is 18.6 Å². The van der Waals surface area contributed by atoms with Crippen molar-refractivity contribution in [2.24, 2.45) is 0 Å². The molecule has 0 bridgehead atoms. The molecule has 2 amide bonds. The first-order valence-corrected chi connectivity index (χ1v) is 15.0. The van der Waals surface area contributed by atoms with E-state index in [9.17, 15) is 22.4 Å². The van der Waals surface area contributed by atoms with Gasteiger partial charge in [-0.05, 0) is 75.1 Å². The molecule has 3 rings (SSSR count). The van der Waals surface area contributed by atoms with Crippen molar-refractivity contribution in [1.82, 2.24) is 10.2 Å². The van der Waals surface area contributed by atoms with Crippen molar-refractivity contribution >= 4 is 27.5 Å². The van der Waals surface area contributed by atoms with Crippen molar-refractivity contribution in [1.29, 1.82) is 0 Å². The molecule has 0 radical (unpaired) electrons. The van der Waals surface area contributed by atoms with Crippen molar-refractivity contribution in [3.05, 3.63) is 59.9 Å². The summed E-state index contributed by atoms with van der Waals surface area (Å²) in [6.45, 7) is 4.31. The molecule has 0 spiro atoms. The number of nitrogens with zero attached hydrogens (tertiary/aromatic N) is 2. The molecule has 1 fully saturated rings. The zero-order valence-electron chi connectivity index (χ0n) is 22.4. The maximum atomic E-state index is 13.4. The maximum absolute atomic E-state index is 13.4. The van der Waals surface area contributed by atoms with Gasteiger partial charge >= 0.3 is 0 Å². The van der Waals surface area contributed by atoms with E-state index < -0.39 is 16.1 Å². The molecular weight excluding hydrogens is 509 g/mol. The highest BCUT2D eigenvalue weighted by Gasteiger charge is 2.28. The van der Waals surface area contributed by atoms with Crippen molar-refractivity contribution < 1.29 is 27.1 Å². The van der Waals surface area contributed by atoms with Gasteiger partial charge in [-0.15, -0.1) is 0 Å². The fourth-order valence-corrected chi connectivity index (χ4v) is 5.61. The van der Waals surface area contributed by atoms with Crippen molar-refractivity contribution in [2.75, 3.05) is 23.7 Å². The Morgan fingerprint density at radius 3 is 2.29 bits per heavy atom. The average Bonchev–Trinajstić information content (AvgIpc) is 3.39. The summed E-state index contributed by atoms with van der Waals surface area (Å²) in [6.07, 6.45) is 5.43. The lowest BCUT2D eigenvalue weighted by Gasteiger charge is -2.30. The Bertz CT molecular complexity index is 1170. The summed E-state index contributed by atoms with van der Waals surface area (Å²) in [6, 6.07) is 12.0. The summed E-state index contributed by atoms with van der Waals surface area (Å²) in [4.78, 5) is 27.9. The molecule has 10 heteroatoms. The molecule has 1 aliphatic rings. The summed E-state index contributed by atoms with van der Waals surface area (Å²) < 4.78 is 45.1. The normalized spacial score (nSPS) is 14.6. The third-order valence-electron chi connectivity index (χ3n) is 6.72. The minimum Gasteiger partial charge on any atom is -0.494 e. The van der Waals surface area contributed by atoms with Crippen molar-refractivity contribution in [2.45, 2.75) is 71.0 Å². The Morgan fingerprint density at radius 1 is 1.08 bits per heavy atom. The van der Waals surface area contributed by atoms with Gasteiger partial charge in [-0.3, -0.25) is 13.9 Å². The van der Waals surface area contributed by atoms with E-state index in [1.807, 2.05) is 6.92 Å². The van der Waals surface area contributed by atoms with Gasteiger partial charge in [-0.25, -0.2) is 12.8 Å². The molecule has 0 unspecified atom stereocenters. The highest BCUT2D eigenvalue weighted by atomic mass is 32.2. The molecule has 2 aromatic carbocycles. The average molecular weight is 548 g/mol. The van der Waals surface area contributed by atoms with E-state index in [4.69, 9.17) is 4.74 Å². The standard InChI is InChI=1S/C28H38FN3O5S/c1-4-37-26-17-15-25(16-18-26)32(38(3,35)36)19-7-10-27(33)31(20-22-11-13-23(29)14-12-22)21(2)28(34)30-24-8-5-6-9-24/h11-18,21,24H,4-10,19-20H2,1-3H3,(H,30,34)/t21-/m1/s1.